The highest BCUT2D eigenvalue weighted by molar-refractivity contribution is 9.10. The highest BCUT2D eigenvalue weighted by Crippen LogP contribution is 2.27. The molecule has 132 valence electrons. The molecule has 9 heteroatoms. The van der Waals surface area contributed by atoms with Crippen molar-refractivity contribution < 1.29 is 14.3 Å². The standard InChI is InChI=1S/C17H11BrClN3O4/c18-9-5-6-13(12(19)7-9)26-14(23)8-22-17(25)11-4-2-1-3-10(11)15(21-22)16(20)24/h1-7H,8H2,(H2,20,24). The van der Waals surface area contributed by atoms with E-state index < -0.39 is 24.0 Å². The van der Waals surface area contributed by atoms with Gasteiger partial charge in [-0.3, -0.25) is 9.59 Å². The topological polar surface area (TPSA) is 104 Å². The number of ether oxygens (including phenoxy) is 1. The van der Waals surface area contributed by atoms with Gasteiger partial charge in [0.1, 0.15) is 12.3 Å². The molecule has 1 amide bonds. The number of fused-ring (bicyclic) bond motifs is 1. The molecule has 0 fully saturated rings. The van der Waals surface area contributed by atoms with E-state index in [0.29, 0.717) is 5.39 Å². The Labute approximate surface area is 160 Å². The summed E-state index contributed by atoms with van der Waals surface area (Å²) in [5.74, 6) is -1.43. The Kier molecular flexibility index (Phi) is 5.06. The SMILES string of the molecule is NC(=O)c1nn(CC(=O)Oc2ccc(Br)cc2Cl)c(=O)c2ccccc12. The van der Waals surface area contributed by atoms with Crippen molar-refractivity contribution in [3.8, 4) is 5.75 Å². The largest absolute Gasteiger partial charge is 0.424 e. The highest BCUT2D eigenvalue weighted by Gasteiger charge is 2.17. The number of amides is 1. The van der Waals surface area contributed by atoms with Crippen LogP contribution in [0.2, 0.25) is 5.02 Å². The number of primary amides is 1. The molecule has 0 radical (unpaired) electrons. The van der Waals surface area contributed by atoms with Crippen LogP contribution in [0.4, 0.5) is 0 Å². The van der Waals surface area contributed by atoms with E-state index in [0.717, 1.165) is 9.15 Å². The number of rotatable bonds is 4. The van der Waals surface area contributed by atoms with Crippen molar-refractivity contribution in [3.05, 3.63) is 68.0 Å². The van der Waals surface area contributed by atoms with Crippen LogP contribution in [-0.4, -0.2) is 21.7 Å². The maximum Gasteiger partial charge on any atom is 0.333 e. The fourth-order valence-corrected chi connectivity index (χ4v) is 3.07. The molecule has 2 aromatic carbocycles. The molecule has 0 saturated heterocycles. The fourth-order valence-electron chi connectivity index (χ4n) is 2.36. The van der Waals surface area contributed by atoms with Crippen LogP contribution < -0.4 is 16.0 Å². The van der Waals surface area contributed by atoms with Crippen molar-refractivity contribution in [3.63, 3.8) is 0 Å². The lowest BCUT2D eigenvalue weighted by Crippen LogP contribution is -2.31. The van der Waals surface area contributed by atoms with Crippen LogP contribution in [0.5, 0.6) is 5.75 Å². The molecule has 2 N–H and O–H groups in total. The lowest BCUT2D eigenvalue weighted by molar-refractivity contribution is -0.135. The van der Waals surface area contributed by atoms with Gasteiger partial charge in [0.05, 0.1) is 10.4 Å². The number of benzene rings is 2. The van der Waals surface area contributed by atoms with Crippen molar-refractivity contribution in [2.45, 2.75) is 6.54 Å². The summed E-state index contributed by atoms with van der Waals surface area (Å²) in [5.41, 5.74) is 4.69. The van der Waals surface area contributed by atoms with Crippen LogP contribution in [0.3, 0.4) is 0 Å². The summed E-state index contributed by atoms with van der Waals surface area (Å²) in [5, 5.41) is 4.68. The van der Waals surface area contributed by atoms with E-state index in [2.05, 4.69) is 21.0 Å². The normalized spacial score (nSPS) is 10.7. The van der Waals surface area contributed by atoms with Gasteiger partial charge in [-0.2, -0.15) is 5.10 Å². The second kappa shape index (κ2) is 7.27. The van der Waals surface area contributed by atoms with Crippen LogP contribution in [0.25, 0.3) is 10.8 Å². The molecule has 0 unspecified atom stereocenters. The number of carbonyl (C=O) groups excluding carboxylic acids is 2. The Morgan fingerprint density at radius 1 is 1.19 bits per heavy atom. The summed E-state index contributed by atoms with van der Waals surface area (Å²) in [4.78, 5) is 36.3. The van der Waals surface area contributed by atoms with Gasteiger partial charge in [-0.15, -0.1) is 0 Å². The summed E-state index contributed by atoms with van der Waals surface area (Å²) >= 11 is 9.25. The summed E-state index contributed by atoms with van der Waals surface area (Å²) in [7, 11) is 0. The number of nitrogens with zero attached hydrogens (tertiary/aromatic N) is 2. The quantitative estimate of drug-likeness (QED) is 0.500. The minimum absolute atomic E-state index is 0.102. The Bertz CT molecular complexity index is 1100. The van der Waals surface area contributed by atoms with Crippen molar-refractivity contribution in [1.82, 2.24) is 9.78 Å². The molecular weight excluding hydrogens is 426 g/mol. The van der Waals surface area contributed by atoms with E-state index in [1.807, 2.05) is 0 Å². The van der Waals surface area contributed by atoms with Crippen molar-refractivity contribution in [2.24, 2.45) is 5.73 Å². The Morgan fingerprint density at radius 3 is 2.54 bits per heavy atom. The van der Waals surface area contributed by atoms with Gasteiger partial charge in [0.25, 0.3) is 11.5 Å². The molecule has 0 spiro atoms. The predicted molar refractivity (Wildman–Crippen MR) is 99.3 cm³/mol. The van der Waals surface area contributed by atoms with E-state index in [9.17, 15) is 14.4 Å². The van der Waals surface area contributed by atoms with Crippen molar-refractivity contribution >= 4 is 50.2 Å². The van der Waals surface area contributed by atoms with Gasteiger partial charge in [0.15, 0.2) is 5.69 Å². The first-order chi connectivity index (χ1) is 12.4. The van der Waals surface area contributed by atoms with Crippen molar-refractivity contribution in [2.75, 3.05) is 0 Å². The lowest BCUT2D eigenvalue weighted by Gasteiger charge is -2.10. The molecule has 3 rings (SSSR count). The lowest BCUT2D eigenvalue weighted by atomic mass is 10.1. The zero-order chi connectivity index (χ0) is 18.8. The van der Waals surface area contributed by atoms with Crippen molar-refractivity contribution in [1.29, 1.82) is 0 Å². The maximum absolute atomic E-state index is 12.5. The van der Waals surface area contributed by atoms with Gasteiger partial charge in [-0.1, -0.05) is 45.7 Å². The third-order valence-corrected chi connectivity index (χ3v) is 4.29. The summed E-state index contributed by atoms with van der Waals surface area (Å²) < 4.78 is 6.73. The number of aromatic nitrogens is 2. The number of hydrogen-bond acceptors (Lipinski definition) is 5. The molecular formula is C17H11BrClN3O4. The number of esters is 1. The van der Waals surface area contributed by atoms with E-state index in [4.69, 9.17) is 22.1 Å². The number of halogens is 2. The van der Waals surface area contributed by atoms with Gasteiger partial charge >= 0.3 is 5.97 Å². The smallest absolute Gasteiger partial charge is 0.333 e. The van der Waals surface area contributed by atoms with E-state index in [1.165, 1.54) is 12.1 Å². The molecule has 3 aromatic rings. The number of carbonyl (C=O) groups is 2. The van der Waals surface area contributed by atoms with Gasteiger partial charge in [-0.25, -0.2) is 9.48 Å². The minimum atomic E-state index is -0.806. The zero-order valence-corrected chi connectivity index (χ0v) is 15.5. The second-order valence-corrected chi connectivity index (χ2v) is 6.59. The molecule has 0 aliphatic carbocycles. The summed E-state index contributed by atoms with van der Waals surface area (Å²) in [6.07, 6.45) is 0. The highest BCUT2D eigenvalue weighted by atomic mass is 79.9. The summed E-state index contributed by atoms with van der Waals surface area (Å²) in [6.45, 7) is -0.504. The molecule has 26 heavy (non-hydrogen) atoms. The zero-order valence-electron chi connectivity index (χ0n) is 13.1. The first kappa shape index (κ1) is 18.1. The maximum atomic E-state index is 12.5. The van der Waals surface area contributed by atoms with Crippen LogP contribution in [-0.2, 0) is 11.3 Å². The second-order valence-electron chi connectivity index (χ2n) is 5.27. The Balaban J connectivity index is 1.95. The molecule has 7 nitrogen and oxygen atoms in total. The third-order valence-electron chi connectivity index (χ3n) is 3.50. The van der Waals surface area contributed by atoms with Crippen LogP contribution >= 0.6 is 27.5 Å². The Hall–Kier alpha value is -2.71. The van der Waals surface area contributed by atoms with E-state index in [1.54, 1.807) is 30.3 Å². The van der Waals surface area contributed by atoms with E-state index in [-0.39, 0.29) is 21.9 Å². The van der Waals surface area contributed by atoms with Gasteiger partial charge in [0, 0.05) is 9.86 Å². The average Bonchev–Trinajstić information content (AvgIpc) is 2.59. The summed E-state index contributed by atoms with van der Waals surface area (Å²) in [6, 6.07) is 11.1. The molecule has 0 saturated carbocycles. The predicted octanol–water partition coefficient (Wildman–Crippen LogP) is 2.52. The Morgan fingerprint density at radius 2 is 1.88 bits per heavy atom. The molecule has 1 aromatic heterocycles. The fraction of sp³-hybridized carbons (Fsp3) is 0.0588. The molecule has 0 atom stereocenters. The molecule has 1 heterocycles. The first-order valence-electron chi connectivity index (χ1n) is 7.32. The van der Waals surface area contributed by atoms with Gasteiger partial charge < -0.3 is 10.5 Å². The van der Waals surface area contributed by atoms with Crippen LogP contribution in [0, 0.1) is 0 Å². The third kappa shape index (κ3) is 3.61. The van der Waals surface area contributed by atoms with Gasteiger partial charge in [0.2, 0.25) is 0 Å². The van der Waals surface area contributed by atoms with Crippen LogP contribution in [0.1, 0.15) is 10.5 Å². The first-order valence-corrected chi connectivity index (χ1v) is 8.49. The number of hydrogen-bond donors (Lipinski definition) is 1. The average molecular weight is 437 g/mol. The molecule has 0 aliphatic heterocycles. The van der Waals surface area contributed by atoms with Crippen LogP contribution in [0.15, 0.2) is 51.7 Å². The number of nitrogens with two attached hydrogens (primary N) is 1. The van der Waals surface area contributed by atoms with E-state index >= 15 is 0 Å². The molecule has 0 bridgehead atoms. The monoisotopic (exact) mass is 435 g/mol. The van der Waals surface area contributed by atoms with Gasteiger partial charge in [-0.05, 0) is 24.3 Å². The molecule has 0 aliphatic rings. The minimum Gasteiger partial charge on any atom is -0.424 e.